The Bertz CT molecular complexity index is 187. The fourth-order valence-electron chi connectivity index (χ4n) is 1.33. The zero-order chi connectivity index (χ0) is 9.19. The number of hydrogen-bond acceptors (Lipinski definition) is 1. The molecule has 0 saturated heterocycles. The molecule has 0 aromatic rings. The second-order valence-electron chi connectivity index (χ2n) is 4.08. The molecular weight excluding hydrogens is 193 g/mol. The fraction of sp³-hybridized carbons (Fsp3) is 0.778. The van der Waals surface area contributed by atoms with E-state index in [2.05, 4.69) is 19.2 Å². The molecule has 70 valence electrons. The second-order valence-corrected chi connectivity index (χ2v) is 4.78. The van der Waals surface area contributed by atoms with Crippen LogP contribution in [0, 0.1) is 11.3 Å². The van der Waals surface area contributed by atoms with Crippen molar-refractivity contribution in [2.75, 3.05) is 13.1 Å². The molecule has 0 aromatic heterocycles. The highest BCUT2D eigenvalue weighted by atomic mass is 35.5. The van der Waals surface area contributed by atoms with E-state index in [0.29, 0.717) is 17.0 Å². The van der Waals surface area contributed by atoms with Crippen LogP contribution in [0.1, 0.15) is 20.3 Å². The number of nitrogens with one attached hydrogen (secondary N) is 1. The summed E-state index contributed by atoms with van der Waals surface area (Å²) in [6, 6.07) is 0. The third kappa shape index (κ3) is 2.96. The van der Waals surface area contributed by atoms with Gasteiger partial charge in [0.05, 0.1) is 0 Å². The van der Waals surface area contributed by atoms with Crippen LogP contribution in [-0.4, -0.2) is 13.1 Å². The Kier molecular flexibility index (Phi) is 3.45. The van der Waals surface area contributed by atoms with Crippen LogP contribution >= 0.6 is 23.2 Å². The Labute approximate surface area is 84.1 Å². The van der Waals surface area contributed by atoms with Crippen molar-refractivity contribution in [1.29, 1.82) is 0 Å². The smallest absolute Gasteiger partial charge is 0.0431 e. The Balaban J connectivity index is 2.05. The minimum absolute atomic E-state index is 0.546. The first-order valence-electron chi connectivity index (χ1n) is 4.22. The average Bonchev–Trinajstić information content (AvgIpc) is 2.59. The van der Waals surface area contributed by atoms with Gasteiger partial charge >= 0.3 is 0 Å². The first kappa shape index (κ1) is 10.4. The molecule has 0 radical (unpaired) electrons. The number of halogens is 2. The molecule has 1 unspecified atom stereocenters. The van der Waals surface area contributed by atoms with E-state index in [-0.39, 0.29) is 0 Å². The molecule has 3 heteroatoms. The molecule has 1 nitrogen and oxygen atoms in total. The van der Waals surface area contributed by atoms with Gasteiger partial charge in [0.1, 0.15) is 0 Å². The molecule has 1 aliphatic carbocycles. The topological polar surface area (TPSA) is 12.0 Å². The van der Waals surface area contributed by atoms with Gasteiger partial charge in [-0.15, -0.1) is 0 Å². The van der Waals surface area contributed by atoms with E-state index in [1.54, 1.807) is 0 Å². The lowest BCUT2D eigenvalue weighted by molar-refractivity contribution is 0.531. The van der Waals surface area contributed by atoms with Crippen molar-refractivity contribution in [1.82, 2.24) is 5.32 Å². The summed E-state index contributed by atoms with van der Waals surface area (Å²) in [5.74, 6) is 0.817. The van der Waals surface area contributed by atoms with Crippen molar-refractivity contribution in [3.63, 3.8) is 0 Å². The zero-order valence-corrected chi connectivity index (χ0v) is 9.04. The van der Waals surface area contributed by atoms with Gasteiger partial charge in [0.2, 0.25) is 0 Å². The molecule has 0 aliphatic heterocycles. The lowest BCUT2D eigenvalue weighted by Crippen LogP contribution is -2.19. The van der Waals surface area contributed by atoms with Gasteiger partial charge in [-0.2, -0.15) is 0 Å². The largest absolute Gasteiger partial charge is 0.311 e. The number of hydrogen-bond donors (Lipinski definition) is 1. The molecule has 1 N–H and O–H groups in total. The van der Waals surface area contributed by atoms with Gasteiger partial charge < -0.3 is 5.32 Å². The van der Waals surface area contributed by atoms with Crippen LogP contribution in [0.3, 0.4) is 0 Å². The van der Waals surface area contributed by atoms with Crippen LogP contribution in [0.15, 0.2) is 10.6 Å². The Morgan fingerprint density at radius 2 is 2.25 bits per heavy atom. The molecule has 1 atom stereocenters. The van der Waals surface area contributed by atoms with Gasteiger partial charge in [0.25, 0.3) is 0 Å². The molecule has 1 saturated carbocycles. The van der Waals surface area contributed by atoms with E-state index in [4.69, 9.17) is 23.2 Å². The summed E-state index contributed by atoms with van der Waals surface area (Å²) in [5.41, 5.74) is 1.96. The molecule has 0 heterocycles. The SMILES string of the molecule is CC1(C)CC1CNCC(Cl)=CCl. The van der Waals surface area contributed by atoms with Crippen LogP contribution < -0.4 is 5.32 Å². The second kappa shape index (κ2) is 3.99. The molecule has 0 amide bonds. The molecule has 1 rings (SSSR count). The van der Waals surface area contributed by atoms with Crippen molar-refractivity contribution >= 4 is 23.2 Å². The van der Waals surface area contributed by atoms with E-state index >= 15 is 0 Å². The summed E-state index contributed by atoms with van der Waals surface area (Å²) >= 11 is 11.1. The lowest BCUT2D eigenvalue weighted by atomic mass is 10.1. The van der Waals surface area contributed by atoms with Crippen molar-refractivity contribution in [3.05, 3.63) is 10.6 Å². The molecule has 12 heavy (non-hydrogen) atoms. The van der Waals surface area contributed by atoms with E-state index in [0.717, 1.165) is 12.5 Å². The van der Waals surface area contributed by atoms with Gasteiger partial charge in [-0.3, -0.25) is 0 Å². The van der Waals surface area contributed by atoms with Gasteiger partial charge in [-0.1, -0.05) is 37.0 Å². The first-order chi connectivity index (χ1) is 5.56. The Morgan fingerprint density at radius 1 is 1.67 bits per heavy atom. The maximum atomic E-state index is 5.71. The van der Waals surface area contributed by atoms with Gasteiger partial charge in [-0.25, -0.2) is 0 Å². The normalized spacial score (nSPS) is 27.3. The minimum Gasteiger partial charge on any atom is -0.311 e. The Hall–Kier alpha value is 0.280. The monoisotopic (exact) mass is 207 g/mol. The maximum Gasteiger partial charge on any atom is 0.0431 e. The van der Waals surface area contributed by atoms with Crippen molar-refractivity contribution in [3.8, 4) is 0 Å². The highest BCUT2D eigenvalue weighted by Gasteiger charge is 2.44. The van der Waals surface area contributed by atoms with Crippen LogP contribution in [0.2, 0.25) is 0 Å². The molecule has 0 aromatic carbocycles. The third-order valence-corrected chi connectivity index (χ3v) is 3.14. The maximum absolute atomic E-state index is 5.71. The summed E-state index contributed by atoms with van der Waals surface area (Å²) in [4.78, 5) is 0. The van der Waals surface area contributed by atoms with Crippen LogP contribution in [0.5, 0.6) is 0 Å². The average molecular weight is 208 g/mol. The van der Waals surface area contributed by atoms with E-state index < -0.39 is 0 Å². The predicted octanol–water partition coefficient (Wildman–Crippen LogP) is 2.94. The zero-order valence-electron chi connectivity index (χ0n) is 7.53. The van der Waals surface area contributed by atoms with Crippen LogP contribution in [-0.2, 0) is 0 Å². The number of rotatable bonds is 4. The Morgan fingerprint density at radius 3 is 2.67 bits per heavy atom. The van der Waals surface area contributed by atoms with Gasteiger partial charge in [-0.05, 0) is 24.3 Å². The molecule has 1 aliphatic rings. The van der Waals surface area contributed by atoms with Crippen LogP contribution in [0.25, 0.3) is 0 Å². The standard InChI is InChI=1S/C9H15Cl2N/c1-9(2)3-7(9)5-12-6-8(11)4-10/h4,7,12H,3,5-6H2,1-2H3. The van der Waals surface area contributed by atoms with Gasteiger partial charge in [0, 0.05) is 17.1 Å². The summed E-state index contributed by atoms with van der Waals surface area (Å²) < 4.78 is 0. The third-order valence-electron chi connectivity index (χ3n) is 2.52. The fourth-order valence-corrected chi connectivity index (χ4v) is 1.50. The van der Waals surface area contributed by atoms with E-state index in [1.165, 1.54) is 12.0 Å². The summed E-state index contributed by atoms with van der Waals surface area (Å²) in [5, 5.41) is 3.94. The summed E-state index contributed by atoms with van der Waals surface area (Å²) in [6.07, 6.45) is 1.32. The van der Waals surface area contributed by atoms with Crippen molar-refractivity contribution in [2.24, 2.45) is 11.3 Å². The quantitative estimate of drug-likeness (QED) is 0.748. The highest BCUT2D eigenvalue weighted by molar-refractivity contribution is 6.36. The van der Waals surface area contributed by atoms with Gasteiger partial charge in [0.15, 0.2) is 0 Å². The van der Waals surface area contributed by atoms with E-state index in [9.17, 15) is 0 Å². The van der Waals surface area contributed by atoms with E-state index in [1.807, 2.05) is 0 Å². The first-order valence-corrected chi connectivity index (χ1v) is 5.03. The molecular formula is C9H15Cl2N. The van der Waals surface area contributed by atoms with Crippen molar-refractivity contribution < 1.29 is 0 Å². The van der Waals surface area contributed by atoms with Crippen LogP contribution in [0.4, 0.5) is 0 Å². The highest BCUT2D eigenvalue weighted by Crippen LogP contribution is 2.50. The predicted molar refractivity (Wildman–Crippen MR) is 54.5 cm³/mol. The minimum atomic E-state index is 0.546. The molecule has 0 spiro atoms. The van der Waals surface area contributed by atoms with Crippen molar-refractivity contribution in [2.45, 2.75) is 20.3 Å². The molecule has 1 fully saturated rings. The summed E-state index contributed by atoms with van der Waals surface area (Å²) in [6.45, 7) is 6.32. The lowest BCUT2D eigenvalue weighted by Gasteiger charge is -2.04. The summed E-state index contributed by atoms with van der Waals surface area (Å²) in [7, 11) is 0. The molecule has 0 bridgehead atoms.